The average Bonchev–Trinajstić information content (AvgIpc) is 2.51. The molecular formula is C16H23F2N3O. The molecule has 0 aromatic heterocycles. The molecule has 1 aliphatic rings. The molecule has 1 aromatic rings. The predicted molar refractivity (Wildman–Crippen MR) is 82.7 cm³/mol. The van der Waals surface area contributed by atoms with E-state index in [1.807, 2.05) is 11.8 Å². The largest absolute Gasteiger partial charge is 0.320 e. The Balaban J connectivity index is 1.88. The number of nitrogens with zero attached hydrogens (tertiary/aromatic N) is 1. The molecule has 4 nitrogen and oxygen atoms in total. The number of benzene rings is 1. The fourth-order valence-electron chi connectivity index (χ4n) is 2.75. The SMILES string of the molecule is CCN(CC(=O)Nc1c(F)cccc1F)CC1CCCNC1. The van der Waals surface area contributed by atoms with E-state index >= 15 is 0 Å². The van der Waals surface area contributed by atoms with E-state index < -0.39 is 17.5 Å². The Kier molecular flexibility index (Phi) is 6.27. The summed E-state index contributed by atoms with van der Waals surface area (Å²) in [5.74, 6) is -1.39. The first-order chi connectivity index (χ1) is 10.6. The highest BCUT2D eigenvalue weighted by Gasteiger charge is 2.19. The topological polar surface area (TPSA) is 44.4 Å². The summed E-state index contributed by atoms with van der Waals surface area (Å²) in [4.78, 5) is 14.0. The summed E-state index contributed by atoms with van der Waals surface area (Å²) in [6.45, 7) is 5.67. The van der Waals surface area contributed by atoms with Crippen LogP contribution in [0, 0.1) is 17.6 Å². The lowest BCUT2D eigenvalue weighted by atomic mass is 9.99. The molecule has 0 bridgehead atoms. The van der Waals surface area contributed by atoms with Gasteiger partial charge in [0.1, 0.15) is 17.3 Å². The molecule has 122 valence electrons. The van der Waals surface area contributed by atoms with Gasteiger partial charge in [0.2, 0.25) is 5.91 Å². The number of anilines is 1. The van der Waals surface area contributed by atoms with Gasteiger partial charge in [0.15, 0.2) is 0 Å². The standard InChI is InChI=1S/C16H23F2N3O/c1-2-21(10-12-5-4-8-19-9-12)11-15(22)20-16-13(17)6-3-7-14(16)18/h3,6-7,12,19H,2,4-5,8-11H2,1H3,(H,20,22). The van der Waals surface area contributed by atoms with Gasteiger partial charge >= 0.3 is 0 Å². The summed E-state index contributed by atoms with van der Waals surface area (Å²) < 4.78 is 27.1. The first kappa shape index (κ1) is 16.8. The van der Waals surface area contributed by atoms with Crippen molar-refractivity contribution in [2.45, 2.75) is 19.8 Å². The van der Waals surface area contributed by atoms with Crippen LogP contribution in [0.3, 0.4) is 0 Å². The fourth-order valence-corrected chi connectivity index (χ4v) is 2.75. The number of para-hydroxylation sites is 1. The van der Waals surface area contributed by atoms with Gasteiger partial charge in [0.05, 0.1) is 6.54 Å². The molecule has 1 aliphatic heterocycles. The molecule has 2 N–H and O–H groups in total. The van der Waals surface area contributed by atoms with Crippen LogP contribution in [0.5, 0.6) is 0 Å². The maximum absolute atomic E-state index is 13.5. The number of amides is 1. The van der Waals surface area contributed by atoms with Crippen molar-refractivity contribution in [3.8, 4) is 0 Å². The van der Waals surface area contributed by atoms with Crippen molar-refractivity contribution < 1.29 is 13.6 Å². The Bertz CT molecular complexity index is 484. The van der Waals surface area contributed by atoms with Crippen LogP contribution < -0.4 is 10.6 Å². The smallest absolute Gasteiger partial charge is 0.238 e. The van der Waals surface area contributed by atoms with E-state index in [1.165, 1.54) is 6.07 Å². The predicted octanol–water partition coefficient (Wildman–Crippen LogP) is 2.22. The Morgan fingerprint density at radius 1 is 1.41 bits per heavy atom. The molecular weight excluding hydrogens is 288 g/mol. The number of hydrogen-bond acceptors (Lipinski definition) is 3. The van der Waals surface area contributed by atoms with E-state index in [1.54, 1.807) is 0 Å². The second kappa shape index (κ2) is 8.19. The minimum atomic E-state index is -0.757. The molecule has 0 saturated carbocycles. The van der Waals surface area contributed by atoms with Crippen LogP contribution in [-0.2, 0) is 4.79 Å². The van der Waals surface area contributed by atoms with Gasteiger partial charge in [-0.05, 0) is 50.5 Å². The van der Waals surface area contributed by atoms with Gasteiger partial charge in [0, 0.05) is 6.54 Å². The Morgan fingerprint density at radius 2 is 2.14 bits per heavy atom. The molecule has 1 heterocycles. The van der Waals surface area contributed by atoms with Crippen molar-refractivity contribution in [2.24, 2.45) is 5.92 Å². The monoisotopic (exact) mass is 311 g/mol. The van der Waals surface area contributed by atoms with Crippen LogP contribution in [-0.4, -0.2) is 43.5 Å². The Hall–Kier alpha value is -1.53. The van der Waals surface area contributed by atoms with Crippen LogP contribution in [0.25, 0.3) is 0 Å². The number of hydrogen-bond donors (Lipinski definition) is 2. The number of halogens is 2. The molecule has 1 atom stereocenters. The summed E-state index contributed by atoms with van der Waals surface area (Å²) in [6, 6.07) is 3.53. The van der Waals surface area contributed by atoms with Gasteiger partial charge in [-0.2, -0.15) is 0 Å². The lowest BCUT2D eigenvalue weighted by molar-refractivity contribution is -0.117. The van der Waals surface area contributed by atoms with Crippen molar-refractivity contribution >= 4 is 11.6 Å². The second-order valence-electron chi connectivity index (χ2n) is 5.68. The van der Waals surface area contributed by atoms with Crippen molar-refractivity contribution in [1.29, 1.82) is 0 Å². The van der Waals surface area contributed by atoms with Gasteiger partial charge in [-0.15, -0.1) is 0 Å². The molecule has 1 aromatic carbocycles. The highest BCUT2D eigenvalue weighted by molar-refractivity contribution is 5.92. The van der Waals surface area contributed by atoms with Gasteiger partial charge in [-0.1, -0.05) is 13.0 Å². The van der Waals surface area contributed by atoms with E-state index in [0.717, 1.165) is 51.2 Å². The van der Waals surface area contributed by atoms with Crippen molar-refractivity contribution in [3.63, 3.8) is 0 Å². The molecule has 0 radical (unpaired) electrons. The highest BCUT2D eigenvalue weighted by Crippen LogP contribution is 2.18. The molecule has 0 spiro atoms. The van der Waals surface area contributed by atoms with Crippen LogP contribution in [0.2, 0.25) is 0 Å². The van der Waals surface area contributed by atoms with Crippen LogP contribution in [0.1, 0.15) is 19.8 Å². The first-order valence-electron chi connectivity index (χ1n) is 7.77. The summed E-state index contributed by atoms with van der Waals surface area (Å²) in [6.07, 6.45) is 2.29. The summed E-state index contributed by atoms with van der Waals surface area (Å²) in [5.41, 5.74) is -0.372. The average molecular weight is 311 g/mol. The number of likely N-dealkylation sites (N-methyl/N-ethyl adjacent to an activating group) is 1. The third-order valence-corrected chi connectivity index (χ3v) is 3.96. The number of nitrogens with one attached hydrogen (secondary N) is 2. The number of piperidine rings is 1. The molecule has 6 heteroatoms. The van der Waals surface area contributed by atoms with Crippen molar-refractivity contribution in [3.05, 3.63) is 29.8 Å². The van der Waals surface area contributed by atoms with Gasteiger partial charge in [-0.3, -0.25) is 9.69 Å². The Morgan fingerprint density at radius 3 is 2.73 bits per heavy atom. The minimum Gasteiger partial charge on any atom is -0.320 e. The van der Waals surface area contributed by atoms with E-state index in [9.17, 15) is 13.6 Å². The summed E-state index contributed by atoms with van der Waals surface area (Å²) >= 11 is 0. The third kappa shape index (κ3) is 4.74. The molecule has 1 unspecified atom stereocenters. The summed E-state index contributed by atoms with van der Waals surface area (Å²) in [7, 11) is 0. The number of rotatable bonds is 6. The maximum Gasteiger partial charge on any atom is 0.238 e. The molecule has 1 amide bonds. The lowest BCUT2D eigenvalue weighted by Crippen LogP contribution is -2.41. The van der Waals surface area contributed by atoms with Crippen molar-refractivity contribution in [1.82, 2.24) is 10.2 Å². The molecule has 1 saturated heterocycles. The molecule has 2 rings (SSSR count). The zero-order valence-electron chi connectivity index (χ0n) is 12.9. The van der Waals surface area contributed by atoms with Crippen LogP contribution in [0.15, 0.2) is 18.2 Å². The molecule has 22 heavy (non-hydrogen) atoms. The van der Waals surface area contributed by atoms with E-state index in [4.69, 9.17) is 0 Å². The second-order valence-corrected chi connectivity index (χ2v) is 5.68. The van der Waals surface area contributed by atoms with Crippen molar-refractivity contribution in [2.75, 3.05) is 38.0 Å². The lowest BCUT2D eigenvalue weighted by Gasteiger charge is -2.29. The zero-order chi connectivity index (χ0) is 15.9. The zero-order valence-corrected chi connectivity index (χ0v) is 12.9. The normalized spacial score (nSPS) is 18.5. The Labute approximate surface area is 129 Å². The summed E-state index contributed by atoms with van der Waals surface area (Å²) in [5, 5.41) is 5.68. The van der Waals surface area contributed by atoms with Gasteiger partial charge < -0.3 is 10.6 Å². The van der Waals surface area contributed by atoms with Crippen LogP contribution >= 0.6 is 0 Å². The van der Waals surface area contributed by atoms with E-state index in [0.29, 0.717) is 5.92 Å². The van der Waals surface area contributed by atoms with Crippen LogP contribution in [0.4, 0.5) is 14.5 Å². The minimum absolute atomic E-state index is 0.140. The van der Waals surface area contributed by atoms with E-state index in [-0.39, 0.29) is 12.2 Å². The number of carbonyl (C=O) groups is 1. The highest BCUT2D eigenvalue weighted by atomic mass is 19.1. The fraction of sp³-hybridized carbons (Fsp3) is 0.562. The van der Waals surface area contributed by atoms with Gasteiger partial charge in [0.25, 0.3) is 0 Å². The molecule has 1 fully saturated rings. The molecule has 0 aliphatic carbocycles. The van der Waals surface area contributed by atoms with Gasteiger partial charge in [-0.25, -0.2) is 8.78 Å². The van der Waals surface area contributed by atoms with E-state index in [2.05, 4.69) is 10.6 Å². The third-order valence-electron chi connectivity index (χ3n) is 3.96. The quantitative estimate of drug-likeness (QED) is 0.847. The first-order valence-corrected chi connectivity index (χ1v) is 7.77. The maximum atomic E-state index is 13.5. The number of carbonyl (C=O) groups excluding carboxylic acids is 1.